The van der Waals surface area contributed by atoms with E-state index in [0.717, 1.165) is 51.9 Å². The highest BCUT2D eigenvalue weighted by Crippen LogP contribution is 2.33. The average molecular weight is 282 g/mol. The molecule has 4 nitrogen and oxygen atoms in total. The van der Waals surface area contributed by atoms with Crippen LogP contribution in [-0.2, 0) is 9.53 Å². The van der Waals surface area contributed by atoms with Crippen LogP contribution < -0.4 is 10.6 Å². The zero-order valence-corrected chi connectivity index (χ0v) is 13.2. The lowest BCUT2D eigenvalue weighted by molar-refractivity contribution is -0.127. The van der Waals surface area contributed by atoms with Gasteiger partial charge in [0, 0.05) is 25.6 Å². The molecule has 2 aliphatic rings. The molecule has 0 aromatic rings. The van der Waals surface area contributed by atoms with Gasteiger partial charge in [0.1, 0.15) is 0 Å². The Kier molecular flexibility index (Phi) is 5.44. The highest BCUT2D eigenvalue weighted by atomic mass is 16.5. The fraction of sp³-hybridized carbons (Fsp3) is 0.938. The van der Waals surface area contributed by atoms with Crippen LogP contribution in [0.2, 0.25) is 0 Å². The fourth-order valence-electron chi connectivity index (χ4n) is 3.46. The minimum atomic E-state index is 0.141. The fourth-order valence-corrected chi connectivity index (χ4v) is 3.46. The van der Waals surface area contributed by atoms with E-state index >= 15 is 0 Å². The third-order valence-corrected chi connectivity index (χ3v) is 4.50. The summed E-state index contributed by atoms with van der Waals surface area (Å²) >= 11 is 0. The quantitative estimate of drug-likeness (QED) is 0.832. The van der Waals surface area contributed by atoms with Crippen molar-refractivity contribution in [2.45, 2.75) is 52.6 Å². The molecule has 3 atom stereocenters. The minimum absolute atomic E-state index is 0.141. The Bertz CT molecular complexity index is 319. The van der Waals surface area contributed by atoms with E-state index in [1.165, 1.54) is 0 Å². The van der Waals surface area contributed by atoms with Crippen molar-refractivity contribution in [3.8, 4) is 0 Å². The molecule has 4 heteroatoms. The molecule has 2 heterocycles. The van der Waals surface area contributed by atoms with Gasteiger partial charge in [0.25, 0.3) is 0 Å². The average Bonchev–Trinajstić information content (AvgIpc) is 2.45. The van der Waals surface area contributed by atoms with E-state index in [2.05, 4.69) is 31.4 Å². The molecule has 0 aliphatic carbocycles. The summed E-state index contributed by atoms with van der Waals surface area (Å²) in [5.74, 6) is 0.820. The van der Waals surface area contributed by atoms with Crippen LogP contribution in [0.5, 0.6) is 0 Å². The van der Waals surface area contributed by atoms with Crippen LogP contribution >= 0.6 is 0 Å². The van der Waals surface area contributed by atoms with Crippen molar-refractivity contribution >= 4 is 5.91 Å². The summed E-state index contributed by atoms with van der Waals surface area (Å²) in [4.78, 5) is 12.2. The van der Waals surface area contributed by atoms with E-state index in [0.29, 0.717) is 5.92 Å². The van der Waals surface area contributed by atoms with Crippen molar-refractivity contribution in [1.29, 1.82) is 0 Å². The van der Waals surface area contributed by atoms with Crippen LogP contribution in [0.4, 0.5) is 0 Å². The maximum atomic E-state index is 12.2. The molecule has 2 fully saturated rings. The molecule has 2 rings (SSSR count). The van der Waals surface area contributed by atoms with Gasteiger partial charge in [-0.2, -0.15) is 0 Å². The maximum Gasteiger partial charge on any atom is 0.224 e. The summed E-state index contributed by atoms with van der Waals surface area (Å²) in [6, 6.07) is 0. The Balaban J connectivity index is 1.83. The molecule has 2 aliphatic heterocycles. The molecule has 0 aromatic carbocycles. The van der Waals surface area contributed by atoms with E-state index in [-0.39, 0.29) is 23.3 Å². The van der Waals surface area contributed by atoms with Crippen LogP contribution in [0.15, 0.2) is 0 Å². The first-order valence-electron chi connectivity index (χ1n) is 8.08. The number of hydrogen-bond donors (Lipinski definition) is 2. The lowest BCUT2D eigenvalue weighted by atomic mass is 9.78. The van der Waals surface area contributed by atoms with Crippen molar-refractivity contribution in [2.75, 3.05) is 26.2 Å². The third kappa shape index (κ3) is 4.19. The van der Waals surface area contributed by atoms with E-state index in [9.17, 15) is 4.79 Å². The smallest absolute Gasteiger partial charge is 0.224 e. The van der Waals surface area contributed by atoms with Gasteiger partial charge in [-0.1, -0.05) is 20.8 Å². The maximum absolute atomic E-state index is 12.2. The van der Waals surface area contributed by atoms with Gasteiger partial charge in [0.2, 0.25) is 5.91 Å². The Morgan fingerprint density at radius 3 is 2.75 bits per heavy atom. The van der Waals surface area contributed by atoms with Gasteiger partial charge in [-0.05, 0) is 37.6 Å². The van der Waals surface area contributed by atoms with E-state index in [4.69, 9.17) is 4.74 Å². The summed E-state index contributed by atoms with van der Waals surface area (Å²) in [5, 5.41) is 6.47. The number of amides is 1. The summed E-state index contributed by atoms with van der Waals surface area (Å²) < 4.78 is 5.97. The monoisotopic (exact) mass is 282 g/mol. The molecule has 2 saturated heterocycles. The van der Waals surface area contributed by atoms with Gasteiger partial charge in [-0.25, -0.2) is 0 Å². The number of rotatable bonds is 3. The minimum Gasteiger partial charge on any atom is -0.377 e. The van der Waals surface area contributed by atoms with Gasteiger partial charge >= 0.3 is 0 Å². The van der Waals surface area contributed by atoms with Crippen molar-refractivity contribution in [2.24, 2.45) is 17.3 Å². The van der Waals surface area contributed by atoms with E-state index < -0.39 is 0 Å². The zero-order chi connectivity index (χ0) is 14.6. The largest absolute Gasteiger partial charge is 0.377 e. The van der Waals surface area contributed by atoms with Gasteiger partial charge in [-0.15, -0.1) is 0 Å². The molecular formula is C16H30N2O2. The Morgan fingerprint density at radius 1 is 1.30 bits per heavy atom. The second-order valence-electron chi connectivity index (χ2n) is 7.35. The topological polar surface area (TPSA) is 50.4 Å². The van der Waals surface area contributed by atoms with Crippen molar-refractivity contribution in [1.82, 2.24) is 10.6 Å². The molecule has 2 N–H and O–H groups in total. The van der Waals surface area contributed by atoms with Crippen LogP contribution in [0.1, 0.15) is 46.5 Å². The Morgan fingerprint density at radius 2 is 2.10 bits per heavy atom. The predicted molar refractivity (Wildman–Crippen MR) is 80.5 cm³/mol. The van der Waals surface area contributed by atoms with Crippen LogP contribution in [0.3, 0.4) is 0 Å². The first-order chi connectivity index (χ1) is 9.48. The van der Waals surface area contributed by atoms with Gasteiger partial charge in [-0.3, -0.25) is 4.79 Å². The lowest BCUT2D eigenvalue weighted by Gasteiger charge is -2.40. The molecule has 20 heavy (non-hydrogen) atoms. The number of carbonyl (C=O) groups is 1. The second-order valence-corrected chi connectivity index (χ2v) is 7.35. The highest BCUT2D eigenvalue weighted by Gasteiger charge is 2.35. The van der Waals surface area contributed by atoms with E-state index in [1.807, 2.05) is 0 Å². The summed E-state index contributed by atoms with van der Waals surface area (Å²) in [7, 11) is 0. The molecule has 0 radical (unpaired) electrons. The standard InChI is InChI=1S/C16H30N2O2/c1-16(2,3)14-12(7-5-9-20-14)11-18-15(19)13-6-4-8-17-10-13/h12-14,17H,4-11H2,1-3H3,(H,18,19)/t12-,13+,14-/m1/s1. The number of carbonyl (C=O) groups excluding carboxylic acids is 1. The molecule has 0 saturated carbocycles. The highest BCUT2D eigenvalue weighted by molar-refractivity contribution is 5.78. The first kappa shape index (κ1) is 15.8. The Labute approximate surface area is 123 Å². The summed E-state index contributed by atoms with van der Waals surface area (Å²) in [6.07, 6.45) is 4.64. The molecule has 116 valence electrons. The van der Waals surface area contributed by atoms with Crippen molar-refractivity contribution in [3.05, 3.63) is 0 Å². The SMILES string of the molecule is CC(C)(C)[C@@H]1OCCC[C@@H]1CNC(=O)[C@H]1CCCNC1. The molecule has 0 unspecified atom stereocenters. The van der Waals surface area contributed by atoms with Gasteiger partial charge in [0.15, 0.2) is 0 Å². The third-order valence-electron chi connectivity index (χ3n) is 4.50. The molecule has 0 spiro atoms. The number of piperidine rings is 1. The van der Waals surface area contributed by atoms with Crippen molar-refractivity contribution < 1.29 is 9.53 Å². The van der Waals surface area contributed by atoms with Crippen LogP contribution in [0.25, 0.3) is 0 Å². The Hall–Kier alpha value is -0.610. The number of ether oxygens (including phenoxy) is 1. The molecule has 0 aromatic heterocycles. The normalized spacial score (nSPS) is 31.9. The second kappa shape index (κ2) is 6.90. The predicted octanol–water partition coefficient (Wildman–Crippen LogP) is 1.94. The zero-order valence-electron chi connectivity index (χ0n) is 13.2. The molecule has 1 amide bonds. The van der Waals surface area contributed by atoms with Crippen molar-refractivity contribution in [3.63, 3.8) is 0 Å². The lowest BCUT2D eigenvalue weighted by Crippen LogP contribution is -2.47. The molecular weight excluding hydrogens is 252 g/mol. The summed E-state index contributed by atoms with van der Waals surface area (Å²) in [5.41, 5.74) is 0.141. The number of nitrogens with one attached hydrogen (secondary N) is 2. The van der Waals surface area contributed by atoms with Crippen LogP contribution in [0, 0.1) is 17.3 Å². The first-order valence-corrected chi connectivity index (χ1v) is 8.08. The van der Waals surface area contributed by atoms with E-state index in [1.54, 1.807) is 0 Å². The van der Waals surface area contributed by atoms with Crippen LogP contribution in [-0.4, -0.2) is 38.3 Å². The summed E-state index contributed by atoms with van der Waals surface area (Å²) in [6.45, 7) is 10.2. The van der Waals surface area contributed by atoms with Gasteiger partial charge in [0.05, 0.1) is 12.0 Å². The number of hydrogen-bond acceptors (Lipinski definition) is 3. The molecule has 0 bridgehead atoms. The van der Waals surface area contributed by atoms with Gasteiger partial charge < -0.3 is 15.4 Å².